The highest BCUT2D eigenvalue weighted by Crippen LogP contribution is 2.34. The van der Waals surface area contributed by atoms with E-state index >= 15 is 0 Å². The van der Waals surface area contributed by atoms with Crippen LogP contribution in [0.4, 0.5) is 18.9 Å². The van der Waals surface area contributed by atoms with Crippen LogP contribution < -0.4 is 4.31 Å². The van der Waals surface area contributed by atoms with E-state index in [0.717, 1.165) is 7.11 Å². The zero-order valence-electron chi connectivity index (χ0n) is 14.0. The summed E-state index contributed by atoms with van der Waals surface area (Å²) < 4.78 is 69.7. The number of sulfonamides is 1. The molecule has 1 atom stereocenters. The number of esters is 1. The van der Waals surface area contributed by atoms with E-state index in [2.05, 4.69) is 20.7 Å². The van der Waals surface area contributed by atoms with Gasteiger partial charge < -0.3 is 4.74 Å². The van der Waals surface area contributed by atoms with Crippen molar-refractivity contribution in [3.05, 3.63) is 64.6 Å². The maximum Gasteiger partial charge on any atom is 0.516 e. The van der Waals surface area contributed by atoms with E-state index in [1.807, 2.05) is 0 Å². The molecular formula is C17H15BrF3NO4S. The molecule has 0 amide bonds. The fourth-order valence-electron chi connectivity index (χ4n) is 2.44. The summed E-state index contributed by atoms with van der Waals surface area (Å²) in [5.41, 5.74) is -5.44. The highest BCUT2D eigenvalue weighted by Gasteiger charge is 2.53. The molecule has 2 rings (SSSR count). The zero-order chi connectivity index (χ0) is 20.2. The molecule has 5 nitrogen and oxygen atoms in total. The Morgan fingerprint density at radius 3 is 2.19 bits per heavy atom. The molecule has 10 heteroatoms. The third-order valence-electron chi connectivity index (χ3n) is 3.69. The second kappa shape index (κ2) is 8.30. The van der Waals surface area contributed by atoms with Gasteiger partial charge in [-0.1, -0.05) is 52.3 Å². The number of methoxy groups -OCH3 is 1. The Hall–Kier alpha value is -2.07. The topological polar surface area (TPSA) is 63.7 Å². The predicted molar refractivity (Wildman–Crippen MR) is 97.5 cm³/mol. The third-order valence-corrected chi connectivity index (χ3v) is 6.03. The van der Waals surface area contributed by atoms with Crippen LogP contribution in [-0.2, 0) is 26.0 Å². The predicted octanol–water partition coefficient (Wildman–Crippen LogP) is 3.89. The average Bonchev–Trinajstić information content (AvgIpc) is 2.62. The number of benzene rings is 2. The number of alkyl halides is 3. The minimum absolute atomic E-state index is 0.0677. The number of ether oxygens (including phenoxy) is 1. The first-order valence-corrected chi connectivity index (χ1v) is 9.80. The Morgan fingerprint density at radius 2 is 1.67 bits per heavy atom. The SMILES string of the molecule is COC(=O)C(Cc1ccccc1Br)N(c1ccccc1)S(=O)(=O)C(F)(F)F. The third kappa shape index (κ3) is 4.62. The molecule has 0 radical (unpaired) electrons. The second-order valence-corrected chi connectivity index (χ2v) is 8.08. The molecule has 0 heterocycles. The van der Waals surface area contributed by atoms with E-state index in [-0.39, 0.29) is 16.4 Å². The Labute approximate surface area is 162 Å². The van der Waals surface area contributed by atoms with Crippen LogP contribution in [0.2, 0.25) is 0 Å². The molecule has 27 heavy (non-hydrogen) atoms. The van der Waals surface area contributed by atoms with E-state index in [1.54, 1.807) is 24.3 Å². The van der Waals surface area contributed by atoms with Gasteiger partial charge in [-0.2, -0.15) is 21.6 Å². The number of nitrogens with zero attached hydrogens (tertiary/aromatic N) is 1. The van der Waals surface area contributed by atoms with Crippen LogP contribution in [0.25, 0.3) is 0 Å². The van der Waals surface area contributed by atoms with Gasteiger partial charge in [0.05, 0.1) is 12.8 Å². The van der Waals surface area contributed by atoms with Crippen LogP contribution in [0.5, 0.6) is 0 Å². The number of hydrogen-bond donors (Lipinski definition) is 0. The van der Waals surface area contributed by atoms with E-state index < -0.39 is 27.5 Å². The monoisotopic (exact) mass is 465 g/mol. The maximum absolute atomic E-state index is 13.3. The first kappa shape index (κ1) is 21.2. The van der Waals surface area contributed by atoms with Gasteiger partial charge in [0.15, 0.2) is 0 Å². The van der Waals surface area contributed by atoms with E-state index in [0.29, 0.717) is 10.0 Å². The van der Waals surface area contributed by atoms with E-state index in [9.17, 15) is 26.4 Å². The number of anilines is 1. The van der Waals surface area contributed by atoms with Gasteiger partial charge >= 0.3 is 21.5 Å². The van der Waals surface area contributed by atoms with Gasteiger partial charge in [0.1, 0.15) is 6.04 Å². The smallest absolute Gasteiger partial charge is 0.467 e. The lowest BCUT2D eigenvalue weighted by atomic mass is 10.1. The minimum Gasteiger partial charge on any atom is -0.467 e. The summed E-state index contributed by atoms with van der Waals surface area (Å²) in [4.78, 5) is 12.3. The van der Waals surface area contributed by atoms with E-state index in [1.165, 1.54) is 30.3 Å². The van der Waals surface area contributed by atoms with Crippen molar-refractivity contribution in [3.8, 4) is 0 Å². The number of carbonyl (C=O) groups excluding carboxylic acids is 1. The molecule has 146 valence electrons. The normalized spacial score (nSPS) is 13.1. The maximum atomic E-state index is 13.3. The fourth-order valence-corrected chi connectivity index (χ4v) is 4.01. The molecule has 0 N–H and O–H groups in total. The Bertz CT molecular complexity index is 904. The fraction of sp³-hybridized carbons (Fsp3) is 0.235. The van der Waals surface area contributed by atoms with Crippen LogP contribution in [0, 0.1) is 0 Å². The van der Waals surface area contributed by atoms with Gasteiger partial charge in [0, 0.05) is 10.9 Å². The molecule has 0 spiro atoms. The summed E-state index contributed by atoms with van der Waals surface area (Å²) in [7, 11) is -4.88. The summed E-state index contributed by atoms with van der Waals surface area (Å²) in [6.07, 6.45) is -0.321. The van der Waals surface area contributed by atoms with E-state index in [4.69, 9.17) is 0 Å². The van der Waals surface area contributed by atoms with Gasteiger partial charge in [0.25, 0.3) is 0 Å². The molecule has 2 aromatic carbocycles. The number of halogens is 4. The van der Waals surface area contributed by atoms with Crippen molar-refractivity contribution in [2.24, 2.45) is 0 Å². The van der Waals surface area contributed by atoms with Gasteiger partial charge in [-0.05, 0) is 23.8 Å². The largest absolute Gasteiger partial charge is 0.516 e. The summed E-state index contributed by atoms with van der Waals surface area (Å²) in [5, 5.41) is 0. The summed E-state index contributed by atoms with van der Waals surface area (Å²) in [6.45, 7) is 0. The Kier molecular flexibility index (Phi) is 6.53. The van der Waals surface area contributed by atoms with Crippen molar-refractivity contribution < 1.29 is 31.1 Å². The van der Waals surface area contributed by atoms with Crippen molar-refractivity contribution in [3.63, 3.8) is 0 Å². The summed E-state index contributed by atoms with van der Waals surface area (Å²) in [5.74, 6) is -1.11. The molecule has 0 saturated heterocycles. The lowest BCUT2D eigenvalue weighted by Crippen LogP contribution is -2.51. The van der Waals surface area contributed by atoms with Crippen LogP contribution in [0.1, 0.15) is 5.56 Å². The Morgan fingerprint density at radius 1 is 1.11 bits per heavy atom. The number of rotatable bonds is 6. The van der Waals surface area contributed by atoms with Gasteiger partial charge in [-0.15, -0.1) is 0 Å². The number of carbonyl (C=O) groups is 1. The highest BCUT2D eigenvalue weighted by atomic mass is 79.9. The lowest BCUT2D eigenvalue weighted by molar-refractivity contribution is -0.141. The first-order chi connectivity index (χ1) is 12.6. The molecule has 0 aliphatic rings. The molecule has 1 unspecified atom stereocenters. The molecule has 0 aliphatic heterocycles. The number of hydrogen-bond acceptors (Lipinski definition) is 4. The molecule has 0 aliphatic carbocycles. The molecule has 2 aromatic rings. The first-order valence-electron chi connectivity index (χ1n) is 7.56. The summed E-state index contributed by atoms with van der Waals surface area (Å²) in [6, 6.07) is 11.4. The quantitative estimate of drug-likeness (QED) is 0.607. The molecule has 0 aromatic heterocycles. The lowest BCUT2D eigenvalue weighted by Gasteiger charge is -2.31. The van der Waals surface area contributed by atoms with Crippen molar-refractivity contribution in [2.75, 3.05) is 11.4 Å². The van der Waals surface area contributed by atoms with Crippen molar-refractivity contribution >= 4 is 37.6 Å². The highest BCUT2D eigenvalue weighted by molar-refractivity contribution is 9.10. The minimum atomic E-state index is -5.86. The van der Waals surface area contributed by atoms with Crippen LogP contribution in [-0.4, -0.2) is 33.0 Å². The molecule has 0 fully saturated rings. The van der Waals surface area contributed by atoms with Crippen molar-refractivity contribution in [2.45, 2.75) is 18.0 Å². The van der Waals surface area contributed by atoms with Crippen molar-refractivity contribution in [1.82, 2.24) is 0 Å². The summed E-state index contributed by atoms with van der Waals surface area (Å²) >= 11 is 3.25. The molecule has 0 bridgehead atoms. The zero-order valence-corrected chi connectivity index (χ0v) is 16.4. The molecular weight excluding hydrogens is 451 g/mol. The standard InChI is InChI=1S/C17H15BrF3NO4S/c1-26-16(23)15(11-12-7-5-6-10-14(12)18)22(13-8-3-2-4-9-13)27(24,25)17(19,20)21/h2-10,15H,11H2,1H3. The Balaban J connectivity index is 2.64. The second-order valence-electron chi connectivity index (χ2n) is 5.42. The van der Waals surface area contributed by atoms with Crippen molar-refractivity contribution in [1.29, 1.82) is 0 Å². The van der Waals surface area contributed by atoms with Crippen LogP contribution in [0.3, 0.4) is 0 Å². The van der Waals surface area contributed by atoms with Crippen LogP contribution >= 0.6 is 15.9 Å². The van der Waals surface area contributed by atoms with Gasteiger partial charge in [0.2, 0.25) is 0 Å². The van der Waals surface area contributed by atoms with Gasteiger partial charge in [-0.3, -0.25) is 0 Å². The number of para-hydroxylation sites is 1. The average molecular weight is 466 g/mol. The van der Waals surface area contributed by atoms with Gasteiger partial charge in [-0.25, -0.2) is 9.10 Å². The van der Waals surface area contributed by atoms with Crippen LogP contribution in [0.15, 0.2) is 59.1 Å². The molecule has 0 saturated carbocycles.